The molecule has 0 N–H and O–H groups in total. The average Bonchev–Trinajstić information content (AvgIpc) is 2.25. The minimum Gasteiger partial charge on any atom is -0.332 e. The van der Waals surface area contributed by atoms with Crippen LogP contribution in [-0.4, -0.2) is 23.4 Å². The van der Waals surface area contributed by atoms with Crippen molar-refractivity contribution < 1.29 is 4.79 Å². The van der Waals surface area contributed by atoms with E-state index in [2.05, 4.69) is 29.2 Å². The Morgan fingerprint density at radius 1 is 1.50 bits per heavy atom. The van der Waals surface area contributed by atoms with Gasteiger partial charge in [0.2, 0.25) is 0 Å². The topological polar surface area (TPSA) is 20.3 Å². The van der Waals surface area contributed by atoms with Crippen LogP contribution in [0.4, 0.5) is 0 Å². The summed E-state index contributed by atoms with van der Waals surface area (Å²) in [7, 11) is 0. The Hall–Kier alpha value is -0.840. The monoisotopic (exact) mass is 329 g/mol. The molecule has 0 atom stereocenters. The fourth-order valence-corrected chi connectivity index (χ4v) is 2.07. The second-order valence-corrected chi connectivity index (χ2v) is 4.98. The quantitative estimate of drug-likeness (QED) is 0.613. The van der Waals surface area contributed by atoms with Gasteiger partial charge in [-0.2, -0.15) is 0 Å². The molecule has 16 heavy (non-hydrogen) atoms. The molecule has 0 saturated carbocycles. The summed E-state index contributed by atoms with van der Waals surface area (Å²) in [5.74, 6) is 0.0694. The fourth-order valence-electron chi connectivity index (χ4n) is 1.46. The molecule has 0 aromatic heterocycles. The summed E-state index contributed by atoms with van der Waals surface area (Å²) in [6, 6.07) is 7.82. The third kappa shape index (κ3) is 3.07. The van der Waals surface area contributed by atoms with Crippen LogP contribution in [0, 0.1) is 3.57 Å². The Bertz CT molecular complexity index is 387. The molecule has 1 rings (SSSR count). The highest BCUT2D eigenvalue weighted by Gasteiger charge is 2.18. The molecule has 0 unspecified atom stereocenters. The van der Waals surface area contributed by atoms with Gasteiger partial charge in [-0.1, -0.05) is 18.2 Å². The zero-order valence-electron chi connectivity index (χ0n) is 9.61. The van der Waals surface area contributed by atoms with Gasteiger partial charge in [0.15, 0.2) is 0 Å². The third-order valence-corrected chi connectivity index (χ3v) is 3.25. The van der Waals surface area contributed by atoms with Crippen LogP contribution in [0.2, 0.25) is 0 Å². The van der Waals surface area contributed by atoms with E-state index in [0.717, 1.165) is 9.13 Å². The predicted octanol–water partition coefficient (Wildman–Crippen LogP) is 3.33. The first-order chi connectivity index (χ1) is 7.57. The van der Waals surface area contributed by atoms with Crippen molar-refractivity contribution in [2.75, 3.05) is 6.54 Å². The van der Waals surface area contributed by atoms with Crippen molar-refractivity contribution in [2.24, 2.45) is 0 Å². The Kier molecular flexibility index (Phi) is 4.99. The Labute approximate surface area is 110 Å². The van der Waals surface area contributed by atoms with E-state index in [4.69, 9.17) is 0 Å². The zero-order valence-corrected chi connectivity index (χ0v) is 11.8. The van der Waals surface area contributed by atoms with E-state index in [-0.39, 0.29) is 11.9 Å². The van der Waals surface area contributed by atoms with Gasteiger partial charge in [0.1, 0.15) is 0 Å². The molecule has 1 amide bonds. The number of carbonyl (C=O) groups excluding carboxylic acids is 1. The maximum Gasteiger partial charge on any atom is 0.255 e. The Morgan fingerprint density at radius 2 is 2.12 bits per heavy atom. The molecule has 3 heteroatoms. The van der Waals surface area contributed by atoms with Crippen molar-refractivity contribution in [1.29, 1.82) is 0 Å². The summed E-state index contributed by atoms with van der Waals surface area (Å²) in [4.78, 5) is 14.1. The van der Waals surface area contributed by atoms with Gasteiger partial charge >= 0.3 is 0 Å². The Balaban J connectivity index is 2.99. The fraction of sp³-hybridized carbons (Fsp3) is 0.308. The molecule has 86 valence electrons. The minimum absolute atomic E-state index is 0.0694. The van der Waals surface area contributed by atoms with Crippen LogP contribution in [-0.2, 0) is 0 Å². The van der Waals surface area contributed by atoms with Gasteiger partial charge in [0.05, 0.1) is 5.56 Å². The summed E-state index contributed by atoms with van der Waals surface area (Å²) in [6.07, 6.45) is 1.76. The van der Waals surface area contributed by atoms with Crippen LogP contribution in [0.15, 0.2) is 36.9 Å². The van der Waals surface area contributed by atoms with Crippen LogP contribution >= 0.6 is 22.6 Å². The lowest BCUT2D eigenvalue weighted by atomic mass is 10.1. The summed E-state index contributed by atoms with van der Waals surface area (Å²) in [6.45, 7) is 8.29. The molecule has 0 bridgehead atoms. The summed E-state index contributed by atoms with van der Waals surface area (Å²) < 4.78 is 0.986. The number of nitrogens with zero attached hydrogens (tertiary/aromatic N) is 1. The van der Waals surface area contributed by atoms with Crippen LogP contribution in [0.25, 0.3) is 0 Å². The summed E-state index contributed by atoms with van der Waals surface area (Å²) >= 11 is 2.19. The van der Waals surface area contributed by atoms with Crippen molar-refractivity contribution in [1.82, 2.24) is 4.90 Å². The summed E-state index contributed by atoms with van der Waals surface area (Å²) in [5, 5.41) is 0. The molecule has 0 aliphatic heterocycles. The van der Waals surface area contributed by atoms with Gasteiger partial charge in [0, 0.05) is 16.2 Å². The smallest absolute Gasteiger partial charge is 0.255 e. The predicted molar refractivity (Wildman–Crippen MR) is 75.5 cm³/mol. The van der Waals surface area contributed by atoms with Gasteiger partial charge < -0.3 is 4.90 Å². The van der Waals surface area contributed by atoms with Crippen molar-refractivity contribution in [3.63, 3.8) is 0 Å². The molecule has 0 saturated heterocycles. The van der Waals surface area contributed by atoms with Gasteiger partial charge in [-0.3, -0.25) is 4.79 Å². The second kappa shape index (κ2) is 6.03. The lowest BCUT2D eigenvalue weighted by Crippen LogP contribution is -2.37. The first kappa shape index (κ1) is 13.2. The third-order valence-electron chi connectivity index (χ3n) is 2.31. The molecule has 0 fully saturated rings. The highest BCUT2D eigenvalue weighted by molar-refractivity contribution is 14.1. The maximum atomic E-state index is 12.3. The van der Waals surface area contributed by atoms with Crippen LogP contribution in [0.5, 0.6) is 0 Å². The van der Waals surface area contributed by atoms with E-state index < -0.39 is 0 Å². The van der Waals surface area contributed by atoms with Crippen LogP contribution < -0.4 is 0 Å². The van der Waals surface area contributed by atoms with Gasteiger partial charge in [-0.05, 0) is 48.6 Å². The van der Waals surface area contributed by atoms with E-state index in [9.17, 15) is 4.79 Å². The van der Waals surface area contributed by atoms with Gasteiger partial charge in [0.25, 0.3) is 5.91 Å². The first-order valence-corrected chi connectivity index (χ1v) is 6.32. The molecular weight excluding hydrogens is 313 g/mol. The van der Waals surface area contributed by atoms with E-state index in [0.29, 0.717) is 6.54 Å². The number of amides is 1. The van der Waals surface area contributed by atoms with Crippen LogP contribution in [0.3, 0.4) is 0 Å². The van der Waals surface area contributed by atoms with Gasteiger partial charge in [-0.15, -0.1) is 6.58 Å². The van der Waals surface area contributed by atoms with Crippen LogP contribution in [0.1, 0.15) is 24.2 Å². The minimum atomic E-state index is 0.0694. The molecule has 2 nitrogen and oxygen atoms in total. The van der Waals surface area contributed by atoms with Gasteiger partial charge in [-0.25, -0.2) is 0 Å². The largest absolute Gasteiger partial charge is 0.332 e. The molecule has 0 aliphatic carbocycles. The standard InChI is InChI=1S/C13H16INO/c1-4-9-15(10(2)3)13(16)11-7-5-6-8-12(11)14/h4-8,10H,1,9H2,2-3H3. The number of hydrogen-bond donors (Lipinski definition) is 0. The van der Waals surface area contributed by atoms with Crippen molar-refractivity contribution in [3.8, 4) is 0 Å². The van der Waals surface area contributed by atoms with Crippen molar-refractivity contribution in [3.05, 3.63) is 46.1 Å². The van der Waals surface area contributed by atoms with E-state index in [1.807, 2.05) is 43.0 Å². The maximum absolute atomic E-state index is 12.3. The first-order valence-electron chi connectivity index (χ1n) is 5.24. The number of carbonyl (C=O) groups is 1. The zero-order chi connectivity index (χ0) is 12.1. The highest BCUT2D eigenvalue weighted by atomic mass is 127. The second-order valence-electron chi connectivity index (χ2n) is 3.82. The SMILES string of the molecule is C=CCN(C(=O)c1ccccc1I)C(C)C. The van der Waals surface area contributed by atoms with E-state index >= 15 is 0 Å². The molecule has 1 aromatic carbocycles. The summed E-state index contributed by atoms with van der Waals surface area (Å²) in [5.41, 5.74) is 0.763. The molecule has 0 aliphatic rings. The average molecular weight is 329 g/mol. The Morgan fingerprint density at radius 3 is 2.62 bits per heavy atom. The van der Waals surface area contributed by atoms with E-state index in [1.165, 1.54) is 0 Å². The highest BCUT2D eigenvalue weighted by Crippen LogP contribution is 2.15. The van der Waals surface area contributed by atoms with E-state index in [1.54, 1.807) is 6.08 Å². The number of halogens is 1. The lowest BCUT2D eigenvalue weighted by molar-refractivity contribution is 0.0727. The number of hydrogen-bond acceptors (Lipinski definition) is 1. The molecule has 0 heterocycles. The number of rotatable bonds is 4. The molecule has 0 spiro atoms. The normalized spacial score (nSPS) is 10.2. The van der Waals surface area contributed by atoms with Crippen molar-refractivity contribution >= 4 is 28.5 Å². The lowest BCUT2D eigenvalue weighted by Gasteiger charge is -2.25. The van der Waals surface area contributed by atoms with Crippen molar-refractivity contribution in [2.45, 2.75) is 19.9 Å². The molecule has 1 aromatic rings. The number of benzene rings is 1. The molecular formula is C13H16INO. The molecule has 0 radical (unpaired) electrons.